The van der Waals surface area contributed by atoms with Gasteiger partial charge in [0.25, 0.3) is 0 Å². The Labute approximate surface area is 223 Å². The van der Waals surface area contributed by atoms with Crippen molar-refractivity contribution in [1.82, 2.24) is 19.4 Å². The third-order valence-corrected chi connectivity index (χ3v) is 7.92. The highest BCUT2D eigenvalue weighted by Gasteiger charge is 2.36. The van der Waals surface area contributed by atoms with Crippen LogP contribution in [0.3, 0.4) is 0 Å². The molecule has 5 rings (SSSR count). The second-order valence-electron chi connectivity index (χ2n) is 10.4. The van der Waals surface area contributed by atoms with Crippen LogP contribution in [0.2, 0.25) is 0 Å². The molecule has 200 valence electrons. The Hall–Kier alpha value is -3.48. The Kier molecular flexibility index (Phi) is 7.63. The molecule has 0 spiro atoms. The molecule has 0 aliphatic carbocycles. The van der Waals surface area contributed by atoms with E-state index in [4.69, 9.17) is 9.47 Å². The molecular weight excluding hydrogens is 480 g/mol. The first-order valence-electron chi connectivity index (χ1n) is 13.5. The number of benzene rings is 1. The molecule has 38 heavy (non-hydrogen) atoms. The highest BCUT2D eigenvalue weighted by Crippen LogP contribution is 2.34. The van der Waals surface area contributed by atoms with Crippen LogP contribution in [0.5, 0.6) is 5.75 Å². The zero-order valence-corrected chi connectivity index (χ0v) is 22.6. The molecule has 2 fully saturated rings. The molecule has 3 atom stereocenters. The lowest BCUT2D eigenvalue weighted by Crippen LogP contribution is -2.58. The van der Waals surface area contributed by atoms with Crippen LogP contribution in [0.1, 0.15) is 50.9 Å². The molecule has 0 amide bonds. The fourth-order valence-corrected chi connectivity index (χ4v) is 5.62. The second-order valence-corrected chi connectivity index (χ2v) is 10.4. The lowest BCUT2D eigenvalue weighted by molar-refractivity contribution is -0.0508. The average Bonchev–Trinajstić information content (AvgIpc) is 2.91. The van der Waals surface area contributed by atoms with E-state index in [1.54, 1.807) is 19.2 Å². The lowest BCUT2D eigenvalue weighted by Gasteiger charge is -2.49. The average molecular weight is 517 g/mol. The normalized spacial score (nSPS) is 21.2. The zero-order valence-electron chi connectivity index (χ0n) is 22.6. The molecule has 0 radical (unpaired) electrons. The number of hydrogen-bond acceptors (Lipinski definition) is 8. The maximum atomic E-state index is 12.7. The fourth-order valence-electron chi connectivity index (χ4n) is 5.62. The number of nitrogens with zero attached hydrogens (tertiary/aromatic N) is 6. The van der Waals surface area contributed by atoms with Gasteiger partial charge in [-0.15, -0.1) is 0 Å². The summed E-state index contributed by atoms with van der Waals surface area (Å²) in [6.45, 7) is 10.4. The van der Waals surface area contributed by atoms with Gasteiger partial charge >= 0.3 is 5.69 Å². The molecule has 0 bridgehead atoms. The number of aryl methyl sites for hydroxylation is 1. The standard InChI is InChI=1S/C29H36N6O3/c1-5-23-15-34(28-27-26(33(4)29(36)32-28)12-9-22(13-30)31-27)19(3)14-35(23)25(6-2)21-7-10-24(11-8-21)38-18-20-16-37-17-20/h7-12,19-20,23,25H,5-6,14-18H2,1-4H3/t19?,23-,25?/m1/s1. The van der Waals surface area contributed by atoms with Crippen LogP contribution in [0.15, 0.2) is 41.2 Å². The summed E-state index contributed by atoms with van der Waals surface area (Å²) in [7, 11) is 1.69. The van der Waals surface area contributed by atoms with E-state index < -0.39 is 0 Å². The van der Waals surface area contributed by atoms with Crippen LogP contribution in [0.25, 0.3) is 11.0 Å². The number of anilines is 1. The van der Waals surface area contributed by atoms with Crippen molar-refractivity contribution in [2.75, 3.05) is 37.8 Å². The molecular formula is C29H36N6O3. The first-order chi connectivity index (χ1) is 18.4. The van der Waals surface area contributed by atoms with Crippen molar-refractivity contribution >= 4 is 16.9 Å². The molecule has 2 aliphatic heterocycles. The minimum absolute atomic E-state index is 0.106. The predicted molar refractivity (Wildman–Crippen MR) is 146 cm³/mol. The lowest BCUT2D eigenvalue weighted by atomic mass is 9.96. The second kappa shape index (κ2) is 11.1. The molecule has 4 heterocycles. The molecule has 9 nitrogen and oxygen atoms in total. The quantitative estimate of drug-likeness (QED) is 0.448. The summed E-state index contributed by atoms with van der Waals surface area (Å²) in [4.78, 5) is 26.5. The van der Waals surface area contributed by atoms with Gasteiger partial charge in [0.15, 0.2) is 5.82 Å². The van der Waals surface area contributed by atoms with Gasteiger partial charge in [-0.2, -0.15) is 10.2 Å². The largest absolute Gasteiger partial charge is 0.493 e. The number of hydrogen-bond donors (Lipinski definition) is 0. The molecule has 2 unspecified atom stereocenters. The van der Waals surface area contributed by atoms with Gasteiger partial charge in [-0.05, 0) is 49.6 Å². The van der Waals surface area contributed by atoms with Crippen LogP contribution in [-0.4, -0.2) is 64.4 Å². The third-order valence-electron chi connectivity index (χ3n) is 7.92. The van der Waals surface area contributed by atoms with Gasteiger partial charge in [0.2, 0.25) is 0 Å². The fraction of sp³-hybridized carbons (Fsp3) is 0.517. The van der Waals surface area contributed by atoms with Gasteiger partial charge < -0.3 is 14.4 Å². The van der Waals surface area contributed by atoms with E-state index >= 15 is 0 Å². The number of nitriles is 1. The molecule has 2 aromatic heterocycles. The molecule has 0 N–H and O–H groups in total. The minimum atomic E-state index is -0.319. The summed E-state index contributed by atoms with van der Waals surface area (Å²) >= 11 is 0. The van der Waals surface area contributed by atoms with Crippen molar-refractivity contribution in [3.05, 3.63) is 58.1 Å². The monoisotopic (exact) mass is 516 g/mol. The summed E-state index contributed by atoms with van der Waals surface area (Å²) < 4.78 is 12.7. The molecule has 3 aromatic rings. The Bertz CT molecular complexity index is 1380. The van der Waals surface area contributed by atoms with Crippen molar-refractivity contribution in [1.29, 1.82) is 5.26 Å². The van der Waals surface area contributed by atoms with Gasteiger partial charge in [0, 0.05) is 44.2 Å². The van der Waals surface area contributed by atoms with E-state index in [9.17, 15) is 10.1 Å². The maximum Gasteiger partial charge on any atom is 0.349 e. The smallest absolute Gasteiger partial charge is 0.349 e. The molecule has 2 aliphatic rings. The van der Waals surface area contributed by atoms with E-state index in [2.05, 4.69) is 70.9 Å². The van der Waals surface area contributed by atoms with Gasteiger partial charge in [-0.25, -0.2) is 9.78 Å². The highest BCUT2D eigenvalue weighted by atomic mass is 16.5. The first-order valence-corrected chi connectivity index (χ1v) is 13.5. The number of aromatic nitrogens is 3. The van der Waals surface area contributed by atoms with E-state index in [0.717, 1.165) is 44.9 Å². The molecule has 0 saturated carbocycles. The number of fused-ring (bicyclic) bond motifs is 1. The van der Waals surface area contributed by atoms with Crippen LogP contribution in [-0.2, 0) is 11.8 Å². The van der Waals surface area contributed by atoms with E-state index in [1.807, 2.05) is 0 Å². The van der Waals surface area contributed by atoms with Crippen LogP contribution < -0.4 is 15.3 Å². The van der Waals surface area contributed by atoms with Crippen molar-refractivity contribution < 1.29 is 9.47 Å². The zero-order chi connectivity index (χ0) is 26.8. The van der Waals surface area contributed by atoms with Crippen molar-refractivity contribution in [2.45, 2.75) is 51.7 Å². The number of ether oxygens (including phenoxy) is 2. The Balaban J connectivity index is 1.39. The number of pyridine rings is 1. The minimum Gasteiger partial charge on any atom is -0.493 e. The first kappa shape index (κ1) is 26.1. The van der Waals surface area contributed by atoms with E-state index in [1.165, 1.54) is 10.1 Å². The summed E-state index contributed by atoms with van der Waals surface area (Å²) in [6.07, 6.45) is 1.95. The van der Waals surface area contributed by atoms with Crippen LogP contribution in [0.4, 0.5) is 5.82 Å². The van der Waals surface area contributed by atoms with Gasteiger partial charge in [0.05, 0.1) is 25.3 Å². The summed E-state index contributed by atoms with van der Waals surface area (Å²) in [5.74, 6) is 1.96. The van der Waals surface area contributed by atoms with Gasteiger partial charge in [0.1, 0.15) is 23.0 Å². The summed E-state index contributed by atoms with van der Waals surface area (Å²) in [5, 5.41) is 9.44. The van der Waals surface area contributed by atoms with Crippen molar-refractivity contribution in [3.63, 3.8) is 0 Å². The topological polar surface area (TPSA) is 96.5 Å². The Morgan fingerprint density at radius 2 is 1.89 bits per heavy atom. The Morgan fingerprint density at radius 3 is 2.53 bits per heavy atom. The predicted octanol–water partition coefficient (Wildman–Crippen LogP) is 3.67. The third kappa shape index (κ3) is 4.98. The van der Waals surface area contributed by atoms with Gasteiger partial charge in [-0.1, -0.05) is 26.0 Å². The van der Waals surface area contributed by atoms with E-state index in [0.29, 0.717) is 35.1 Å². The number of rotatable bonds is 8. The summed E-state index contributed by atoms with van der Waals surface area (Å²) in [5.41, 5.74) is 2.55. The summed E-state index contributed by atoms with van der Waals surface area (Å²) in [6, 6.07) is 14.7. The van der Waals surface area contributed by atoms with Gasteiger partial charge in [-0.3, -0.25) is 9.47 Å². The van der Waals surface area contributed by atoms with Crippen molar-refractivity contribution in [3.8, 4) is 11.8 Å². The molecule has 1 aromatic carbocycles. The molecule has 9 heteroatoms. The molecule has 2 saturated heterocycles. The van der Waals surface area contributed by atoms with E-state index in [-0.39, 0.29) is 23.8 Å². The van der Waals surface area contributed by atoms with Crippen LogP contribution >= 0.6 is 0 Å². The highest BCUT2D eigenvalue weighted by molar-refractivity contribution is 5.86. The van der Waals surface area contributed by atoms with Crippen molar-refractivity contribution in [2.24, 2.45) is 13.0 Å². The maximum absolute atomic E-state index is 12.7. The number of piperazine rings is 1. The Morgan fingerprint density at radius 1 is 1.13 bits per heavy atom. The van der Waals surface area contributed by atoms with Crippen LogP contribution in [0, 0.1) is 17.2 Å². The SMILES string of the molecule is CCC(c1ccc(OCC2COC2)cc1)N1CC(C)N(c2nc(=O)n(C)c3ccc(C#N)nc23)C[C@H]1CC.